The molecule has 1 atom stereocenters. The van der Waals surface area contributed by atoms with Gasteiger partial charge in [0.15, 0.2) is 0 Å². The van der Waals surface area contributed by atoms with Crippen molar-refractivity contribution in [3.05, 3.63) is 22.9 Å². The van der Waals surface area contributed by atoms with Crippen LogP contribution in [0, 0.1) is 5.92 Å². The van der Waals surface area contributed by atoms with E-state index >= 15 is 0 Å². The zero-order valence-electron chi connectivity index (χ0n) is 14.3. The van der Waals surface area contributed by atoms with Gasteiger partial charge in [-0.05, 0) is 43.2 Å². The van der Waals surface area contributed by atoms with Crippen LogP contribution < -0.4 is 4.90 Å². The Hall–Kier alpha value is -1.72. The summed E-state index contributed by atoms with van der Waals surface area (Å²) in [5.41, 5.74) is 2.47. The van der Waals surface area contributed by atoms with Gasteiger partial charge in [0.05, 0.1) is 7.11 Å². The molecule has 1 unspecified atom stereocenters. The van der Waals surface area contributed by atoms with Crippen molar-refractivity contribution in [3.8, 4) is 0 Å². The molecule has 1 aromatic heterocycles. The summed E-state index contributed by atoms with van der Waals surface area (Å²) in [6.07, 6.45) is 2.90. The highest BCUT2D eigenvalue weighted by Crippen LogP contribution is 2.33. The average molecular weight is 338 g/mol. The summed E-state index contributed by atoms with van der Waals surface area (Å²) in [5, 5.41) is 0. The second-order valence-electron chi connectivity index (χ2n) is 7.00. The van der Waals surface area contributed by atoms with Gasteiger partial charge in [0, 0.05) is 31.6 Å². The Labute approximate surface area is 141 Å². The Kier molecular flexibility index (Phi) is 4.74. The Morgan fingerprint density at radius 3 is 2.92 bits per heavy atom. The molecule has 1 aromatic rings. The summed E-state index contributed by atoms with van der Waals surface area (Å²) in [4.78, 5) is 18.8. The summed E-state index contributed by atoms with van der Waals surface area (Å²) in [6, 6.07) is 1.86. The van der Waals surface area contributed by atoms with E-state index in [1.165, 1.54) is 7.11 Å². The van der Waals surface area contributed by atoms with Crippen LogP contribution in [0.5, 0.6) is 0 Å². The number of methoxy groups -OCH3 is 1. The predicted molar refractivity (Wildman–Crippen MR) is 87.8 cm³/mol. The van der Waals surface area contributed by atoms with Crippen molar-refractivity contribution < 1.29 is 18.3 Å². The topological polar surface area (TPSA) is 42.4 Å². The monoisotopic (exact) mass is 338 g/mol. The minimum Gasteiger partial charge on any atom is -0.465 e. The molecule has 1 aliphatic heterocycles. The zero-order chi connectivity index (χ0) is 17.3. The molecule has 24 heavy (non-hydrogen) atoms. The Balaban J connectivity index is 1.97. The molecular weight excluding hydrogens is 314 g/mol. The number of carbonyl (C=O) groups excluding carboxylic acids is 1. The molecule has 0 aromatic carbocycles. The van der Waals surface area contributed by atoms with Crippen LogP contribution in [-0.2, 0) is 17.6 Å². The van der Waals surface area contributed by atoms with E-state index in [9.17, 15) is 13.6 Å². The first-order chi connectivity index (χ1) is 11.4. The van der Waals surface area contributed by atoms with Gasteiger partial charge >= 0.3 is 5.97 Å². The second-order valence-corrected chi connectivity index (χ2v) is 7.00. The van der Waals surface area contributed by atoms with E-state index in [1.807, 2.05) is 11.0 Å². The summed E-state index contributed by atoms with van der Waals surface area (Å²) in [5.74, 6) is -2.01. The van der Waals surface area contributed by atoms with Crippen molar-refractivity contribution in [2.45, 2.75) is 51.4 Å². The van der Waals surface area contributed by atoms with E-state index < -0.39 is 11.9 Å². The minimum atomic E-state index is -2.64. The first kappa shape index (κ1) is 17.1. The number of aryl methyl sites for hydroxylation is 1. The van der Waals surface area contributed by atoms with Crippen LogP contribution in [0.15, 0.2) is 6.07 Å². The average Bonchev–Trinajstić information content (AvgIpc) is 2.73. The third-order valence-corrected chi connectivity index (χ3v) is 5.04. The van der Waals surface area contributed by atoms with Crippen LogP contribution in [-0.4, -0.2) is 37.1 Å². The lowest BCUT2D eigenvalue weighted by Gasteiger charge is -2.27. The maximum Gasteiger partial charge on any atom is 0.341 e. The highest BCUT2D eigenvalue weighted by Gasteiger charge is 2.33. The fourth-order valence-electron chi connectivity index (χ4n) is 3.61. The minimum absolute atomic E-state index is 0.112. The molecule has 2 heterocycles. The standard InChI is InChI=1S/C18H24F2N2O2/c1-12-4-5-15-13(10-12)11-14(17(23)24-2)16(21-15)22-8-3-6-18(19,20)7-9-22/h11-12H,3-10H2,1-2H3. The number of ether oxygens (including phenoxy) is 1. The number of hydrogen-bond donors (Lipinski definition) is 0. The van der Waals surface area contributed by atoms with Gasteiger partial charge in [-0.15, -0.1) is 0 Å². The molecule has 132 valence electrons. The van der Waals surface area contributed by atoms with Gasteiger partial charge in [-0.2, -0.15) is 0 Å². The molecule has 1 fully saturated rings. The summed E-state index contributed by atoms with van der Waals surface area (Å²) in [6.45, 7) is 2.88. The van der Waals surface area contributed by atoms with Crippen molar-refractivity contribution in [3.63, 3.8) is 0 Å². The van der Waals surface area contributed by atoms with Crippen LogP contribution >= 0.6 is 0 Å². The lowest BCUT2D eigenvalue weighted by molar-refractivity contribution is -0.0102. The van der Waals surface area contributed by atoms with Crippen LogP contribution in [0.25, 0.3) is 0 Å². The smallest absolute Gasteiger partial charge is 0.341 e. The van der Waals surface area contributed by atoms with Crippen LogP contribution in [0.4, 0.5) is 14.6 Å². The highest BCUT2D eigenvalue weighted by molar-refractivity contribution is 5.95. The number of fused-ring (bicyclic) bond motifs is 1. The second kappa shape index (κ2) is 6.65. The van der Waals surface area contributed by atoms with Gasteiger partial charge in [-0.1, -0.05) is 6.92 Å². The lowest BCUT2D eigenvalue weighted by Crippen LogP contribution is -2.30. The zero-order valence-corrected chi connectivity index (χ0v) is 14.3. The Bertz CT molecular complexity index is 634. The Morgan fingerprint density at radius 1 is 1.38 bits per heavy atom. The van der Waals surface area contributed by atoms with Gasteiger partial charge in [0.1, 0.15) is 11.4 Å². The van der Waals surface area contributed by atoms with E-state index in [1.54, 1.807) is 0 Å². The van der Waals surface area contributed by atoms with E-state index in [0.717, 1.165) is 30.5 Å². The fourth-order valence-corrected chi connectivity index (χ4v) is 3.61. The molecule has 1 aliphatic carbocycles. The Morgan fingerprint density at radius 2 is 2.17 bits per heavy atom. The van der Waals surface area contributed by atoms with E-state index in [4.69, 9.17) is 9.72 Å². The van der Waals surface area contributed by atoms with Crippen molar-refractivity contribution in [2.24, 2.45) is 5.92 Å². The largest absolute Gasteiger partial charge is 0.465 e. The number of pyridine rings is 1. The molecule has 0 spiro atoms. The van der Waals surface area contributed by atoms with E-state index in [0.29, 0.717) is 30.3 Å². The molecule has 0 radical (unpaired) electrons. The molecule has 0 saturated carbocycles. The van der Waals surface area contributed by atoms with Crippen molar-refractivity contribution in [1.82, 2.24) is 4.98 Å². The van der Waals surface area contributed by atoms with Gasteiger partial charge in [0.25, 0.3) is 0 Å². The van der Waals surface area contributed by atoms with Gasteiger partial charge in [-0.25, -0.2) is 18.6 Å². The summed E-state index contributed by atoms with van der Waals surface area (Å²) in [7, 11) is 1.34. The third kappa shape index (κ3) is 3.52. The first-order valence-electron chi connectivity index (χ1n) is 8.63. The SMILES string of the molecule is COC(=O)c1cc2c(nc1N1CCCC(F)(F)CC1)CCC(C)C2. The van der Waals surface area contributed by atoms with Gasteiger partial charge < -0.3 is 9.64 Å². The van der Waals surface area contributed by atoms with Gasteiger partial charge in [0.2, 0.25) is 5.92 Å². The number of alkyl halides is 2. The summed E-state index contributed by atoms with van der Waals surface area (Å²) < 4.78 is 32.2. The lowest BCUT2D eigenvalue weighted by atomic mass is 9.87. The van der Waals surface area contributed by atoms with Gasteiger partial charge in [-0.3, -0.25) is 0 Å². The predicted octanol–water partition coefficient (Wildman–Crippen LogP) is 3.62. The maximum atomic E-state index is 13.7. The number of halogens is 2. The normalized spacial score (nSPS) is 23.3. The molecule has 2 aliphatic rings. The van der Waals surface area contributed by atoms with Crippen LogP contribution in [0.3, 0.4) is 0 Å². The fraction of sp³-hybridized carbons (Fsp3) is 0.667. The van der Waals surface area contributed by atoms with E-state index in [2.05, 4.69) is 6.92 Å². The molecule has 0 bridgehead atoms. The number of rotatable bonds is 2. The van der Waals surface area contributed by atoms with E-state index in [-0.39, 0.29) is 19.4 Å². The molecular formula is C18H24F2N2O2. The molecule has 3 rings (SSSR count). The maximum absolute atomic E-state index is 13.7. The molecule has 0 amide bonds. The van der Waals surface area contributed by atoms with Crippen LogP contribution in [0.2, 0.25) is 0 Å². The quantitative estimate of drug-likeness (QED) is 0.773. The highest BCUT2D eigenvalue weighted by atomic mass is 19.3. The molecule has 6 heteroatoms. The number of carbonyl (C=O) groups is 1. The van der Waals surface area contributed by atoms with Crippen molar-refractivity contribution in [1.29, 1.82) is 0 Å². The number of nitrogens with zero attached hydrogens (tertiary/aromatic N) is 2. The molecule has 1 saturated heterocycles. The number of aromatic nitrogens is 1. The summed E-state index contributed by atoms with van der Waals surface area (Å²) >= 11 is 0. The van der Waals surface area contributed by atoms with Crippen molar-refractivity contribution >= 4 is 11.8 Å². The number of esters is 1. The molecule has 4 nitrogen and oxygen atoms in total. The number of hydrogen-bond acceptors (Lipinski definition) is 4. The first-order valence-corrected chi connectivity index (χ1v) is 8.63. The molecule has 0 N–H and O–H groups in total. The number of anilines is 1. The third-order valence-electron chi connectivity index (χ3n) is 5.04. The van der Waals surface area contributed by atoms with Crippen LogP contribution in [0.1, 0.15) is 54.2 Å². The van der Waals surface area contributed by atoms with Crippen molar-refractivity contribution in [2.75, 3.05) is 25.1 Å².